The highest BCUT2D eigenvalue weighted by molar-refractivity contribution is 7.71. The number of nitrogens with zero attached hydrogens (tertiary/aromatic N) is 1. The smallest absolute Gasteiger partial charge is 0.266 e. The summed E-state index contributed by atoms with van der Waals surface area (Å²) >= 11 is 4.99. The number of amides is 1. The lowest BCUT2D eigenvalue weighted by Gasteiger charge is -2.32. The summed E-state index contributed by atoms with van der Waals surface area (Å²) in [6, 6.07) is 5.44. The topological polar surface area (TPSA) is 58.5 Å². The van der Waals surface area contributed by atoms with Crippen LogP contribution in [0.5, 0.6) is 0 Å². The van der Waals surface area contributed by atoms with Crippen LogP contribution in [-0.4, -0.2) is 41.6 Å². The molecular weight excluding hydrogens is 336 g/mol. The number of fused-ring (bicyclic) bond motifs is 1. The summed E-state index contributed by atoms with van der Waals surface area (Å²) in [5.41, 5.74) is 2.10. The zero-order chi connectivity index (χ0) is 17.2. The third kappa shape index (κ3) is 3.80. The number of H-pyrrole nitrogens is 1. The summed E-state index contributed by atoms with van der Waals surface area (Å²) in [5.74, 6) is 0.809. The molecule has 1 amide bonds. The van der Waals surface area contributed by atoms with Crippen molar-refractivity contribution in [1.82, 2.24) is 9.88 Å². The molecule has 6 heteroatoms. The van der Waals surface area contributed by atoms with E-state index >= 15 is 0 Å². The number of hydrogen-bond acceptors (Lipinski definition) is 4. The molecule has 0 spiro atoms. The molecule has 0 unspecified atom stereocenters. The fourth-order valence-electron chi connectivity index (χ4n) is 3.94. The van der Waals surface area contributed by atoms with Crippen molar-refractivity contribution in [3.8, 4) is 0 Å². The van der Waals surface area contributed by atoms with E-state index in [0.717, 1.165) is 44.0 Å². The molecule has 0 radical (unpaired) electrons. The molecule has 1 aliphatic heterocycles. The number of aromatic nitrogens is 1. The van der Waals surface area contributed by atoms with Crippen molar-refractivity contribution in [3.63, 3.8) is 0 Å². The van der Waals surface area contributed by atoms with Crippen LogP contribution in [0.4, 0.5) is 0 Å². The molecule has 2 aromatic rings. The second-order valence-corrected chi connectivity index (χ2v) is 7.57. The third-order valence-electron chi connectivity index (χ3n) is 5.44. The lowest BCUT2D eigenvalue weighted by atomic mass is 10.1. The van der Waals surface area contributed by atoms with Gasteiger partial charge in [0.15, 0.2) is 5.58 Å². The van der Waals surface area contributed by atoms with E-state index in [-0.39, 0.29) is 5.91 Å². The SMILES string of the molecule is O=C(c1ccc2[nH]c(=S)oc2c1)N1CCC(OCC2CCCC2)CC1. The van der Waals surface area contributed by atoms with Crippen LogP contribution >= 0.6 is 12.2 Å². The van der Waals surface area contributed by atoms with Gasteiger partial charge in [0.05, 0.1) is 11.6 Å². The van der Waals surface area contributed by atoms with Gasteiger partial charge in [0.1, 0.15) is 0 Å². The van der Waals surface area contributed by atoms with E-state index in [1.807, 2.05) is 17.0 Å². The van der Waals surface area contributed by atoms with Crippen molar-refractivity contribution in [2.45, 2.75) is 44.6 Å². The first-order valence-corrected chi connectivity index (χ1v) is 9.63. The summed E-state index contributed by atoms with van der Waals surface area (Å²) in [4.78, 5) is 17.9. The van der Waals surface area contributed by atoms with Gasteiger partial charge in [-0.1, -0.05) is 12.8 Å². The van der Waals surface area contributed by atoms with E-state index in [9.17, 15) is 4.79 Å². The van der Waals surface area contributed by atoms with Gasteiger partial charge in [0, 0.05) is 25.3 Å². The Morgan fingerprint density at radius 3 is 2.76 bits per heavy atom. The minimum atomic E-state index is 0.0541. The fraction of sp³-hybridized carbons (Fsp3) is 0.579. The van der Waals surface area contributed by atoms with Gasteiger partial charge < -0.3 is 19.0 Å². The number of oxazole rings is 1. The highest BCUT2D eigenvalue weighted by Crippen LogP contribution is 2.26. The highest BCUT2D eigenvalue weighted by atomic mass is 32.1. The summed E-state index contributed by atoms with van der Waals surface area (Å²) < 4.78 is 11.5. The Labute approximate surface area is 152 Å². The van der Waals surface area contributed by atoms with Gasteiger partial charge in [-0.05, 0) is 62.0 Å². The molecule has 1 aliphatic carbocycles. The lowest BCUT2D eigenvalue weighted by molar-refractivity contribution is -0.00593. The van der Waals surface area contributed by atoms with E-state index in [0.29, 0.717) is 22.1 Å². The molecule has 1 aromatic heterocycles. The molecule has 25 heavy (non-hydrogen) atoms. The number of piperidine rings is 1. The maximum Gasteiger partial charge on any atom is 0.266 e. The molecule has 134 valence electrons. The van der Waals surface area contributed by atoms with Crippen LogP contribution < -0.4 is 0 Å². The standard InChI is InChI=1S/C19H24N2O3S/c22-18(14-5-6-16-17(11-14)24-19(25)20-16)21-9-7-15(8-10-21)23-12-13-3-1-2-4-13/h5-6,11,13,15H,1-4,7-10,12H2,(H,20,25). The number of likely N-dealkylation sites (tertiary alicyclic amines) is 1. The minimum absolute atomic E-state index is 0.0541. The van der Waals surface area contributed by atoms with Gasteiger partial charge in [0.25, 0.3) is 10.7 Å². The number of rotatable bonds is 4. The van der Waals surface area contributed by atoms with Crippen molar-refractivity contribution in [2.75, 3.05) is 19.7 Å². The fourth-order valence-corrected chi connectivity index (χ4v) is 4.14. The lowest BCUT2D eigenvalue weighted by Crippen LogP contribution is -2.41. The Hall–Kier alpha value is -1.66. The van der Waals surface area contributed by atoms with Crippen molar-refractivity contribution >= 4 is 29.2 Å². The Balaban J connectivity index is 1.32. The molecular formula is C19H24N2O3S. The molecule has 1 aromatic carbocycles. The van der Waals surface area contributed by atoms with Crippen LogP contribution in [-0.2, 0) is 4.74 Å². The van der Waals surface area contributed by atoms with Crippen molar-refractivity contribution in [3.05, 3.63) is 28.6 Å². The van der Waals surface area contributed by atoms with Crippen LogP contribution in [0.15, 0.2) is 22.6 Å². The first-order valence-electron chi connectivity index (χ1n) is 9.23. The molecule has 0 bridgehead atoms. The minimum Gasteiger partial charge on any atom is -0.429 e. The quantitative estimate of drug-likeness (QED) is 0.826. The number of nitrogens with one attached hydrogen (secondary N) is 1. The van der Waals surface area contributed by atoms with Gasteiger partial charge in [-0.3, -0.25) is 4.79 Å². The predicted octanol–water partition coefficient (Wildman–Crippen LogP) is 4.30. The predicted molar refractivity (Wildman–Crippen MR) is 98.2 cm³/mol. The first kappa shape index (κ1) is 16.8. The average molecular weight is 360 g/mol. The second kappa shape index (κ2) is 7.30. The highest BCUT2D eigenvalue weighted by Gasteiger charge is 2.25. The molecule has 5 nitrogen and oxygen atoms in total. The number of aromatic amines is 1. The van der Waals surface area contributed by atoms with Gasteiger partial charge in [-0.25, -0.2) is 0 Å². The molecule has 1 saturated carbocycles. The molecule has 0 atom stereocenters. The summed E-state index contributed by atoms with van der Waals surface area (Å²) in [7, 11) is 0. The Kier molecular flexibility index (Phi) is 4.90. The number of carbonyl (C=O) groups excluding carboxylic acids is 1. The zero-order valence-corrected chi connectivity index (χ0v) is 15.1. The summed E-state index contributed by atoms with van der Waals surface area (Å²) in [6.07, 6.45) is 7.48. The maximum absolute atomic E-state index is 12.7. The van der Waals surface area contributed by atoms with E-state index in [4.69, 9.17) is 21.4 Å². The molecule has 1 saturated heterocycles. The van der Waals surface area contributed by atoms with E-state index in [1.165, 1.54) is 25.7 Å². The van der Waals surface area contributed by atoms with Gasteiger partial charge in [-0.2, -0.15) is 0 Å². The number of carbonyl (C=O) groups is 1. The molecule has 2 fully saturated rings. The van der Waals surface area contributed by atoms with Crippen LogP contribution in [0.25, 0.3) is 11.1 Å². The van der Waals surface area contributed by atoms with Crippen LogP contribution in [0.3, 0.4) is 0 Å². The zero-order valence-electron chi connectivity index (χ0n) is 14.3. The Bertz CT molecular complexity index is 798. The molecule has 2 heterocycles. The molecule has 1 N–H and O–H groups in total. The second-order valence-electron chi connectivity index (χ2n) is 7.20. The average Bonchev–Trinajstić information content (AvgIpc) is 3.27. The van der Waals surface area contributed by atoms with Crippen molar-refractivity contribution in [1.29, 1.82) is 0 Å². The number of ether oxygens (including phenoxy) is 1. The van der Waals surface area contributed by atoms with Crippen LogP contribution in [0, 0.1) is 10.8 Å². The largest absolute Gasteiger partial charge is 0.429 e. The molecule has 4 rings (SSSR count). The van der Waals surface area contributed by atoms with Gasteiger partial charge in [-0.15, -0.1) is 0 Å². The van der Waals surface area contributed by atoms with Crippen molar-refractivity contribution < 1.29 is 13.9 Å². The van der Waals surface area contributed by atoms with Gasteiger partial charge >= 0.3 is 0 Å². The third-order valence-corrected chi connectivity index (χ3v) is 5.62. The van der Waals surface area contributed by atoms with Crippen LogP contribution in [0.2, 0.25) is 0 Å². The monoisotopic (exact) mass is 360 g/mol. The number of hydrogen-bond donors (Lipinski definition) is 1. The van der Waals surface area contributed by atoms with E-state index in [2.05, 4.69) is 4.98 Å². The van der Waals surface area contributed by atoms with Gasteiger partial charge in [0.2, 0.25) is 0 Å². The van der Waals surface area contributed by atoms with Crippen molar-refractivity contribution in [2.24, 2.45) is 5.92 Å². The first-order chi connectivity index (χ1) is 12.2. The Morgan fingerprint density at radius 2 is 2.00 bits per heavy atom. The van der Waals surface area contributed by atoms with Crippen LogP contribution in [0.1, 0.15) is 48.9 Å². The normalized spacial score (nSPS) is 19.8. The summed E-state index contributed by atoms with van der Waals surface area (Å²) in [6.45, 7) is 2.40. The summed E-state index contributed by atoms with van der Waals surface area (Å²) in [5, 5.41) is 0. The maximum atomic E-state index is 12.7. The van der Waals surface area contributed by atoms with E-state index in [1.54, 1.807) is 6.07 Å². The number of benzene rings is 1. The molecule has 2 aliphatic rings. The Morgan fingerprint density at radius 1 is 1.24 bits per heavy atom. The van der Waals surface area contributed by atoms with E-state index < -0.39 is 0 Å².